The molecule has 20 heavy (non-hydrogen) atoms. The van der Waals surface area contributed by atoms with E-state index in [4.69, 9.17) is 0 Å². The number of thioether (sulfide) groups is 1. The molecule has 0 saturated carbocycles. The summed E-state index contributed by atoms with van der Waals surface area (Å²) in [6.45, 7) is 4.73. The molecule has 5 heteroatoms. The molecule has 0 aromatic heterocycles. The minimum atomic E-state index is -0.0868. The SMILES string of the molecule is CCCCN(C)C(=O)c1ccc2c(c1)NC(=O)C(C)S2. The molecule has 2 rings (SSSR count). The maximum atomic E-state index is 12.3. The van der Waals surface area contributed by atoms with Crippen molar-refractivity contribution in [3.63, 3.8) is 0 Å². The Morgan fingerprint density at radius 1 is 1.45 bits per heavy atom. The zero-order valence-electron chi connectivity index (χ0n) is 12.1. The van der Waals surface area contributed by atoms with Crippen LogP contribution in [-0.2, 0) is 4.79 Å². The molecule has 1 aliphatic rings. The van der Waals surface area contributed by atoms with Gasteiger partial charge in [-0.15, -0.1) is 11.8 Å². The Hall–Kier alpha value is -1.49. The summed E-state index contributed by atoms with van der Waals surface area (Å²) in [5.41, 5.74) is 1.37. The zero-order chi connectivity index (χ0) is 14.7. The van der Waals surface area contributed by atoms with Crippen molar-refractivity contribution in [2.45, 2.75) is 36.8 Å². The second kappa shape index (κ2) is 6.31. The molecule has 1 N–H and O–H groups in total. The summed E-state index contributed by atoms with van der Waals surface area (Å²) in [7, 11) is 1.81. The number of amides is 2. The van der Waals surface area contributed by atoms with Crippen LogP contribution in [0.2, 0.25) is 0 Å². The fourth-order valence-electron chi connectivity index (χ4n) is 2.06. The smallest absolute Gasteiger partial charge is 0.253 e. The first-order valence-corrected chi connectivity index (χ1v) is 7.78. The van der Waals surface area contributed by atoms with Gasteiger partial charge in [0, 0.05) is 24.1 Å². The molecule has 2 amide bonds. The van der Waals surface area contributed by atoms with Gasteiger partial charge in [-0.05, 0) is 31.5 Å². The number of nitrogens with one attached hydrogen (secondary N) is 1. The molecule has 1 atom stereocenters. The highest BCUT2D eigenvalue weighted by atomic mass is 32.2. The number of fused-ring (bicyclic) bond motifs is 1. The molecular weight excluding hydrogens is 272 g/mol. The van der Waals surface area contributed by atoms with E-state index in [-0.39, 0.29) is 17.1 Å². The van der Waals surface area contributed by atoms with Crippen LogP contribution in [0.1, 0.15) is 37.0 Å². The monoisotopic (exact) mass is 292 g/mol. The highest BCUT2D eigenvalue weighted by molar-refractivity contribution is 8.00. The van der Waals surface area contributed by atoms with Gasteiger partial charge in [0.05, 0.1) is 10.9 Å². The molecule has 0 spiro atoms. The van der Waals surface area contributed by atoms with E-state index in [1.54, 1.807) is 11.0 Å². The van der Waals surface area contributed by atoms with Crippen LogP contribution >= 0.6 is 11.8 Å². The van der Waals surface area contributed by atoms with Crippen molar-refractivity contribution >= 4 is 29.3 Å². The van der Waals surface area contributed by atoms with Crippen LogP contribution in [0.15, 0.2) is 23.1 Å². The van der Waals surface area contributed by atoms with E-state index in [2.05, 4.69) is 12.2 Å². The third-order valence-electron chi connectivity index (χ3n) is 3.35. The fraction of sp³-hybridized carbons (Fsp3) is 0.467. The molecule has 1 aromatic rings. The Labute approximate surface area is 123 Å². The van der Waals surface area contributed by atoms with Crippen molar-refractivity contribution in [1.82, 2.24) is 4.90 Å². The average molecular weight is 292 g/mol. The van der Waals surface area contributed by atoms with Crippen LogP contribution in [0.4, 0.5) is 5.69 Å². The number of carbonyl (C=O) groups excluding carboxylic acids is 2. The number of hydrogen-bond acceptors (Lipinski definition) is 3. The molecule has 4 nitrogen and oxygen atoms in total. The number of unbranched alkanes of at least 4 members (excludes halogenated alkanes) is 1. The van der Waals surface area contributed by atoms with Crippen molar-refractivity contribution in [2.75, 3.05) is 18.9 Å². The summed E-state index contributed by atoms with van der Waals surface area (Å²) in [6, 6.07) is 5.52. The summed E-state index contributed by atoms with van der Waals surface area (Å²) in [6.07, 6.45) is 2.06. The normalized spacial score (nSPS) is 17.4. The maximum Gasteiger partial charge on any atom is 0.253 e. The number of anilines is 1. The minimum Gasteiger partial charge on any atom is -0.342 e. The summed E-state index contributed by atoms with van der Waals surface area (Å²) in [5, 5.41) is 2.77. The number of hydrogen-bond donors (Lipinski definition) is 1. The van der Waals surface area contributed by atoms with Gasteiger partial charge < -0.3 is 10.2 Å². The van der Waals surface area contributed by atoms with Crippen molar-refractivity contribution in [3.05, 3.63) is 23.8 Å². The molecular formula is C15H20N2O2S. The van der Waals surface area contributed by atoms with Gasteiger partial charge in [0.15, 0.2) is 0 Å². The van der Waals surface area contributed by atoms with Gasteiger partial charge in [-0.25, -0.2) is 0 Å². The van der Waals surface area contributed by atoms with Crippen LogP contribution in [0.5, 0.6) is 0 Å². The molecule has 0 bridgehead atoms. The molecule has 1 unspecified atom stereocenters. The topological polar surface area (TPSA) is 49.4 Å². The Kier molecular flexibility index (Phi) is 4.70. The van der Waals surface area contributed by atoms with Crippen molar-refractivity contribution in [2.24, 2.45) is 0 Å². The Bertz CT molecular complexity index is 531. The molecule has 1 heterocycles. The predicted molar refractivity (Wildman–Crippen MR) is 82.3 cm³/mol. The van der Waals surface area contributed by atoms with E-state index >= 15 is 0 Å². The Morgan fingerprint density at radius 2 is 2.20 bits per heavy atom. The second-order valence-electron chi connectivity index (χ2n) is 5.04. The fourth-order valence-corrected chi connectivity index (χ4v) is 2.99. The lowest BCUT2D eigenvalue weighted by Gasteiger charge is -2.23. The van der Waals surface area contributed by atoms with Gasteiger partial charge >= 0.3 is 0 Å². The highest BCUT2D eigenvalue weighted by Crippen LogP contribution is 2.36. The van der Waals surface area contributed by atoms with Gasteiger partial charge in [0.1, 0.15) is 0 Å². The molecule has 0 radical (unpaired) electrons. The van der Waals surface area contributed by atoms with Crippen LogP contribution in [0.25, 0.3) is 0 Å². The van der Waals surface area contributed by atoms with E-state index in [1.807, 2.05) is 26.1 Å². The van der Waals surface area contributed by atoms with Gasteiger partial charge in [-0.2, -0.15) is 0 Å². The summed E-state index contributed by atoms with van der Waals surface area (Å²) in [5.74, 6) is -0.00874. The van der Waals surface area contributed by atoms with E-state index < -0.39 is 0 Å². The molecule has 1 aromatic carbocycles. The largest absolute Gasteiger partial charge is 0.342 e. The lowest BCUT2D eigenvalue weighted by atomic mass is 10.1. The molecule has 0 fully saturated rings. The van der Waals surface area contributed by atoms with Gasteiger partial charge in [0.2, 0.25) is 5.91 Å². The van der Waals surface area contributed by atoms with Crippen LogP contribution in [0.3, 0.4) is 0 Å². The van der Waals surface area contributed by atoms with Crippen molar-refractivity contribution < 1.29 is 9.59 Å². The minimum absolute atomic E-state index is 0.000814. The lowest BCUT2D eigenvalue weighted by Crippen LogP contribution is -2.29. The van der Waals surface area contributed by atoms with E-state index in [0.29, 0.717) is 5.56 Å². The number of carbonyl (C=O) groups is 2. The molecule has 1 aliphatic heterocycles. The summed E-state index contributed by atoms with van der Waals surface area (Å²) in [4.78, 5) is 26.7. The van der Waals surface area contributed by atoms with Crippen LogP contribution in [0, 0.1) is 0 Å². The standard InChI is InChI=1S/C15H20N2O2S/c1-4-5-8-17(3)15(19)11-6-7-13-12(9-11)16-14(18)10(2)20-13/h6-7,9-10H,4-5,8H2,1-3H3,(H,16,18). The third kappa shape index (κ3) is 3.15. The first-order valence-electron chi connectivity index (χ1n) is 6.90. The second-order valence-corrected chi connectivity index (χ2v) is 6.42. The zero-order valence-corrected chi connectivity index (χ0v) is 12.9. The lowest BCUT2D eigenvalue weighted by molar-refractivity contribution is -0.115. The number of nitrogens with zero attached hydrogens (tertiary/aromatic N) is 1. The van der Waals surface area contributed by atoms with Gasteiger partial charge in [-0.3, -0.25) is 9.59 Å². The molecule has 0 aliphatic carbocycles. The summed E-state index contributed by atoms with van der Waals surface area (Å²) >= 11 is 1.53. The average Bonchev–Trinajstić information content (AvgIpc) is 2.44. The summed E-state index contributed by atoms with van der Waals surface area (Å²) < 4.78 is 0. The van der Waals surface area contributed by atoms with Gasteiger partial charge in [-0.1, -0.05) is 13.3 Å². The number of rotatable bonds is 4. The quantitative estimate of drug-likeness (QED) is 0.928. The molecule has 0 saturated heterocycles. The molecule has 108 valence electrons. The van der Waals surface area contributed by atoms with E-state index in [1.165, 1.54) is 11.8 Å². The van der Waals surface area contributed by atoms with E-state index in [9.17, 15) is 9.59 Å². The Morgan fingerprint density at radius 3 is 2.90 bits per heavy atom. The van der Waals surface area contributed by atoms with Crippen LogP contribution < -0.4 is 5.32 Å². The predicted octanol–water partition coefficient (Wildman–Crippen LogP) is 2.99. The first kappa shape index (κ1) is 14.9. The van der Waals surface area contributed by atoms with Gasteiger partial charge in [0.25, 0.3) is 5.91 Å². The number of benzene rings is 1. The van der Waals surface area contributed by atoms with Crippen molar-refractivity contribution in [3.8, 4) is 0 Å². The highest BCUT2D eigenvalue weighted by Gasteiger charge is 2.24. The third-order valence-corrected chi connectivity index (χ3v) is 4.53. The first-order chi connectivity index (χ1) is 9.52. The van der Waals surface area contributed by atoms with Crippen LogP contribution in [-0.4, -0.2) is 35.6 Å². The van der Waals surface area contributed by atoms with E-state index in [0.717, 1.165) is 30.0 Å². The Balaban J connectivity index is 2.17. The van der Waals surface area contributed by atoms with Crippen molar-refractivity contribution in [1.29, 1.82) is 0 Å². The maximum absolute atomic E-state index is 12.3.